The lowest BCUT2D eigenvalue weighted by molar-refractivity contribution is 0.633. The third-order valence-electron chi connectivity index (χ3n) is 7.97. The standard InChI is InChI=1S/C33H24N4/c1-33(2)24-13-6-8-15-27(24)36(21-11-4-3-5-12-21)30-20-22-23(19-25(30)33)32-35-26-14-7-9-16-28(26)37(32)29-17-10-18-34-31(22)29/h3-20H,1-2H3. The Morgan fingerprint density at radius 1 is 0.649 bits per heavy atom. The summed E-state index contributed by atoms with van der Waals surface area (Å²) >= 11 is 0. The summed E-state index contributed by atoms with van der Waals surface area (Å²) < 4.78 is 2.27. The Morgan fingerprint density at radius 3 is 2.30 bits per heavy atom. The minimum atomic E-state index is -0.187. The van der Waals surface area contributed by atoms with Crippen LogP contribution in [-0.4, -0.2) is 14.4 Å². The van der Waals surface area contributed by atoms with Crippen LogP contribution in [0.15, 0.2) is 109 Å². The van der Waals surface area contributed by atoms with Crippen LogP contribution >= 0.6 is 0 Å². The summed E-state index contributed by atoms with van der Waals surface area (Å²) in [7, 11) is 0. The highest BCUT2D eigenvalue weighted by Gasteiger charge is 2.37. The van der Waals surface area contributed by atoms with Crippen molar-refractivity contribution in [3.8, 4) is 0 Å². The molecule has 8 rings (SSSR count). The van der Waals surface area contributed by atoms with Crippen molar-refractivity contribution in [2.45, 2.75) is 19.3 Å². The van der Waals surface area contributed by atoms with Crippen LogP contribution in [0, 0.1) is 0 Å². The van der Waals surface area contributed by atoms with E-state index in [1.807, 2.05) is 12.3 Å². The van der Waals surface area contributed by atoms with E-state index in [0.717, 1.165) is 44.2 Å². The van der Waals surface area contributed by atoms with Gasteiger partial charge < -0.3 is 4.90 Å². The Balaban J connectivity index is 1.58. The zero-order valence-electron chi connectivity index (χ0n) is 20.7. The molecule has 1 aliphatic rings. The van der Waals surface area contributed by atoms with Crippen LogP contribution in [0.25, 0.3) is 38.5 Å². The molecule has 4 nitrogen and oxygen atoms in total. The smallest absolute Gasteiger partial charge is 0.146 e. The number of rotatable bonds is 1. The van der Waals surface area contributed by atoms with Crippen molar-refractivity contribution in [2.75, 3.05) is 4.90 Å². The van der Waals surface area contributed by atoms with E-state index >= 15 is 0 Å². The molecule has 0 aliphatic carbocycles. The van der Waals surface area contributed by atoms with Gasteiger partial charge in [0.15, 0.2) is 0 Å². The summed E-state index contributed by atoms with van der Waals surface area (Å²) in [5.74, 6) is 0. The van der Waals surface area contributed by atoms with Crippen LogP contribution < -0.4 is 4.90 Å². The van der Waals surface area contributed by atoms with E-state index in [1.165, 1.54) is 22.5 Å². The first-order chi connectivity index (χ1) is 18.1. The fourth-order valence-electron chi connectivity index (χ4n) is 6.22. The highest BCUT2D eigenvalue weighted by Crippen LogP contribution is 2.53. The number of pyridine rings is 2. The molecule has 1 aliphatic heterocycles. The average Bonchev–Trinajstić information content (AvgIpc) is 3.33. The molecule has 4 aromatic carbocycles. The van der Waals surface area contributed by atoms with Gasteiger partial charge in [-0.2, -0.15) is 0 Å². The number of hydrogen-bond donors (Lipinski definition) is 0. The van der Waals surface area contributed by atoms with E-state index in [0.29, 0.717) is 0 Å². The molecule has 176 valence electrons. The Labute approximate surface area is 214 Å². The highest BCUT2D eigenvalue weighted by atomic mass is 15.2. The SMILES string of the molecule is CC1(C)c2ccccc2N(c2ccccc2)c2cc3c(cc21)c1nc2ccccc2n1c1cccnc31. The molecule has 4 heterocycles. The van der Waals surface area contributed by atoms with Gasteiger partial charge in [-0.25, -0.2) is 4.98 Å². The maximum absolute atomic E-state index is 5.13. The molecule has 3 aromatic heterocycles. The highest BCUT2D eigenvalue weighted by molar-refractivity contribution is 6.14. The minimum Gasteiger partial charge on any atom is -0.310 e. The lowest BCUT2D eigenvalue weighted by atomic mass is 9.73. The van der Waals surface area contributed by atoms with E-state index < -0.39 is 0 Å². The number of fused-ring (bicyclic) bond motifs is 10. The molecular formula is C33H24N4. The molecule has 37 heavy (non-hydrogen) atoms. The van der Waals surface area contributed by atoms with Crippen LogP contribution in [-0.2, 0) is 5.41 Å². The van der Waals surface area contributed by atoms with Crippen LogP contribution in [0.2, 0.25) is 0 Å². The number of imidazole rings is 1. The quantitative estimate of drug-likeness (QED) is 0.223. The van der Waals surface area contributed by atoms with E-state index in [4.69, 9.17) is 9.97 Å². The largest absolute Gasteiger partial charge is 0.310 e. The Bertz CT molecular complexity index is 2020. The van der Waals surface area contributed by atoms with Crippen molar-refractivity contribution in [2.24, 2.45) is 0 Å². The van der Waals surface area contributed by atoms with Crippen LogP contribution in [0.5, 0.6) is 0 Å². The van der Waals surface area contributed by atoms with Crippen molar-refractivity contribution in [3.63, 3.8) is 0 Å². The predicted octanol–water partition coefficient (Wildman–Crippen LogP) is 8.30. The molecular weight excluding hydrogens is 452 g/mol. The van der Waals surface area contributed by atoms with E-state index in [1.54, 1.807) is 0 Å². The normalized spacial score (nSPS) is 14.4. The van der Waals surface area contributed by atoms with Gasteiger partial charge in [-0.05, 0) is 65.7 Å². The van der Waals surface area contributed by atoms with Gasteiger partial charge in [-0.3, -0.25) is 9.38 Å². The summed E-state index contributed by atoms with van der Waals surface area (Å²) in [6, 6.07) is 36.7. The van der Waals surface area contributed by atoms with Gasteiger partial charge in [0, 0.05) is 28.1 Å². The van der Waals surface area contributed by atoms with Gasteiger partial charge in [-0.15, -0.1) is 0 Å². The number of para-hydroxylation sites is 4. The molecule has 0 radical (unpaired) electrons. The van der Waals surface area contributed by atoms with E-state index in [9.17, 15) is 0 Å². The van der Waals surface area contributed by atoms with Gasteiger partial charge in [0.25, 0.3) is 0 Å². The number of hydrogen-bond acceptors (Lipinski definition) is 3. The number of aromatic nitrogens is 3. The molecule has 7 aromatic rings. The number of nitrogens with zero attached hydrogens (tertiary/aromatic N) is 4. The molecule has 0 unspecified atom stereocenters. The van der Waals surface area contributed by atoms with Crippen LogP contribution in [0.4, 0.5) is 17.1 Å². The maximum Gasteiger partial charge on any atom is 0.146 e. The molecule has 0 bridgehead atoms. The fourth-order valence-corrected chi connectivity index (χ4v) is 6.22. The van der Waals surface area contributed by atoms with Gasteiger partial charge in [-0.1, -0.05) is 62.4 Å². The second kappa shape index (κ2) is 7.17. The van der Waals surface area contributed by atoms with Gasteiger partial charge >= 0.3 is 0 Å². The zero-order chi connectivity index (χ0) is 24.7. The first-order valence-corrected chi connectivity index (χ1v) is 12.7. The molecule has 0 saturated heterocycles. The molecule has 0 spiro atoms. The third kappa shape index (κ3) is 2.67. The average molecular weight is 477 g/mol. The van der Waals surface area contributed by atoms with Crippen molar-refractivity contribution < 1.29 is 0 Å². The monoisotopic (exact) mass is 476 g/mol. The first-order valence-electron chi connectivity index (χ1n) is 12.7. The summed E-state index contributed by atoms with van der Waals surface area (Å²) in [5.41, 5.74) is 11.1. The fraction of sp³-hybridized carbons (Fsp3) is 0.0909. The first kappa shape index (κ1) is 20.5. The van der Waals surface area contributed by atoms with Gasteiger partial charge in [0.1, 0.15) is 5.65 Å². The summed E-state index contributed by atoms with van der Waals surface area (Å²) in [4.78, 5) is 12.4. The Morgan fingerprint density at radius 2 is 1.41 bits per heavy atom. The van der Waals surface area contributed by atoms with Crippen molar-refractivity contribution in [1.29, 1.82) is 0 Å². The minimum absolute atomic E-state index is 0.187. The summed E-state index contributed by atoms with van der Waals surface area (Å²) in [6.45, 7) is 4.66. The van der Waals surface area contributed by atoms with Gasteiger partial charge in [0.05, 0.1) is 33.4 Å². The summed E-state index contributed by atoms with van der Waals surface area (Å²) in [6.07, 6.45) is 1.89. The molecule has 0 saturated carbocycles. The molecule has 0 amide bonds. The van der Waals surface area contributed by atoms with E-state index in [-0.39, 0.29) is 5.41 Å². The molecule has 4 heteroatoms. The number of anilines is 3. The molecule has 0 N–H and O–H groups in total. The van der Waals surface area contributed by atoms with Crippen molar-refractivity contribution >= 4 is 55.5 Å². The molecule has 0 fully saturated rings. The topological polar surface area (TPSA) is 33.4 Å². The third-order valence-corrected chi connectivity index (χ3v) is 7.97. The van der Waals surface area contributed by atoms with Gasteiger partial charge in [0.2, 0.25) is 0 Å². The van der Waals surface area contributed by atoms with Crippen LogP contribution in [0.3, 0.4) is 0 Å². The second-order valence-electron chi connectivity index (χ2n) is 10.4. The zero-order valence-corrected chi connectivity index (χ0v) is 20.7. The maximum atomic E-state index is 5.13. The second-order valence-corrected chi connectivity index (χ2v) is 10.4. The van der Waals surface area contributed by atoms with Crippen LogP contribution in [0.1, 0.15) is 25.0 Å². The predicted molar refractivity (Wildman–Crippen MR) is 152 cm³/mol. The van der Waals surface area contributed by atoms with Crippen molar-refractivity contribution in [3.05, 3.63) is 120 Å². The van der Waals surface area contributed by atoms with E-state index in [2.05, 4.69) is 120 Å². The summed E-state index contributed by atoms with van der Waals surface area (Å²) in [5, 5.41) is 2.25. The lowest BCUT2D eigenvalue weighted by Gasteiger charge is -2.42. The Kier molecular flexibility index (Phi) is 3.97. The Hall–Kier alpha value is -4.70. The lowest BCUT2D eigenvalue weighted by Crippen LogP contribution is -2.30. The van der Waals surface area contributed by atoms with Crippen molar-refractivity contribution in [1.82, 2.24) is 14.4 Å². The molecule has 0 atom stereocenters. The number of benzene rings is 4.